The predicted molar refractivity (Wildman–Crippen MR) is 110 cm³/mol. The fourth-order valence-corrected chi connectivity index (χ4v) is 2.74. The van der Waals surface area contributed by atoms with Gasteiger partial charge in [-0.05, 0) is 41.8 Å². The number of amides is 1. The Labute approximate surface area is 175 Å². The second-order valence-electron chi connectivity index (χ2n) is 5.92. The molecule has 29 heavy (non-hydrogen) atoms. The molecular weight excluding hydrogens is 392 g/mol. The predicted octanol–water partition coefficient (Wildman–Crippen LogP) is 3.30. The third kappa shape index (κ3) is 6.73. The summed E-state index contributed by atoms with van der Waals surface area (Å²) in [6.07, 6.45) is 5.01. The normalized spacial score (nSPS) is 11.0. The van der Waals surface area contributed by atoms with E-state index in [4.69, 9.17) is 37.5 Å². The molecule has 0 bridgehead atoms. The lowest BCUT2D eigenvalue weighted by Gasteiger charge is -2.17. The molecule has 150 valence electrons. The van der Waals surface area contributed by atoms with Crippen LogP contribution in [0.2, 0.25) is 5.02 Å². The Kier molecular flexibility index (Phi) is 8.85. The van der Waals surface area contributed by atoms with Gasteiger partial charge in [0.25, 0.3) is 5.91 Å². The number of hydrogen-bond acceptors (Lipinski definition) is 5. The lowest BCUT2D eigenvalue weighted by atomic mass is 10.1. The van der Waals surface area contributed by atoms with Gasteiger partial charge in [0.15, 0.2) is 24.2 Å². The van der Waals surface area contributed by atoms with E-state index >= 15 is 0 Å². The highest BCUT2D eigenvalue weighted by molar-refractivity contribution is 6.30. The number of ether oxygens (including phenoxy) is 3. The molecule has 2 rings (SSSR count). The topological polar surface area (TPSA) is 80.6 Å². The van der Waals surface area contributed by atoms with E-state index < -0.39 is 6.10 Å². The zero-order valence-corrected chi connectivity index (χ0v) is 16.7. The number of nitrogens with one attached hydrogen (secondary N) is 1. The fourth-order valence-electron chi connectivity index (χ4n) is 2.61. The fraction of sp³-hybridized carbons (Fsp3) is 0.273. The van der Waals surface area contributed by atoms with Crippen molar-refractivity contribution in [1.29, 1.82) is 5.26 Å². The number of carbonyl (C=O) groups excluding carboxylic acids is 1. The van der Waals surface area contributed by atoms with Crippen LogP contribution in [0, 0.1) is 23.7 Å². The largest absolute Gasteiger partial charge is 0.493 e. The lowest BCUT2D eigenvalue weighted by molar-refractivity contribution is -0.132. The Hall–Kier alpha value is -3.19. The molecule has 1 atom stereocenters. The standard InChI is InChI=1S/C22H21ClN2O4/c1-3-13-29-21(17-5-7-18(23)8-6-17)22(26)25-12-10-16-4-9-19(28-14-11-24)20(15-16)27-2/h1,4-9,15,21H,10,12-14H2,2H3,(H,25,26)/t21-/m1/s1. The molecular formula is C22H21ClN2O4. The van der Waals surface area contributed by atoms with Crippen LogP contribution in [0.4, 0.5) is 0 Å². The molecule has 0 saturated heterocycles. The van der Waals surface area contributed by atoms with E-state index in [0.29, 0.717) is 35.1 Å². The molecule has 0 spiro atoms. The average molecular weight is 413 g/mol. The summed E-state index contributed by atoms with van der Waals surface area (Å²) < 4.78 is 16.1. The number of methoxy groups -OCH3 is 1. The molecule has 1 N–H and O–H groups in total. The van der Waals surface area contributed by atoms with Gasteiger partial charge in [-0.3, -0.25) is 4.79 Å². The summed E-state index contributed by atoms with van der Waals surface area (Å²) in [6, 6.07) is 14.2. The maximum Gasteiger partial charge on any atom is 0.253 e. The molecule has 0 saturated carbocycles. The molecule has 2 aromatic carbocycles. The van der Waals surface area contributed by atoms with Gasteiger partial charge >= 0.3 is 0 Å². The Morgan fingerprint density at radius 2 is 1.97 bits per heavy atom. The Morgan fingerprint density at radius 1 is 1.21 bits per heavy atom. The molecule has 2 aromatic rings. The quantitative estimate of drug-likeness (QED) is 0.605. The summed E-state index contributed by atoms with van der Waals surface area (Å²) in [5, 5.41) is 12.1. The second kappa shape index (κ2) is 11.6. The van der Waals surface area contributed by atoms with Crippen molar-refractivity contribution in [3.63, 3.8) is 0 Å². The highest BCUT2D eigenvalue weighted by Crippen LogP contribution is 2.28. The van der Waals surface area contributed by atoms with Gasteiger partial charge in [-0.1, -0.05) is 35.7 Å². The van der Waals surface area contributed by atoms with Crippen LogP contribution in [0.25, 0.3) is 0 Å². The van der Waals surface area contributed by atoms with E-state index in [1.807, 2.05) is 18.2 Å². The molecule has 0 heterocycles. The molecule has 0 unspecified atom stereocenters. The maximum atomic E-state index is 12.6. The minimum absolute atomic E-state index is 0.0159. The maximum absolute atomic E-state index is 12.6. The van der Waals surface area contributed by atoms with Crippen LogP contribution in [-0.4, -0.2) is 32.8 Å². The summed E-state index contributed by atoms with van der Waals surface area (Å²) in [5.41, 5.74) is 1.61. The molecule has 0 aromatic heterocycles. The molecule has 1 amide bonds. The van der Waals surface area contributed by atoms with Crippen molar-refractivity contribution in [3.8, 4) is 29.9 Å². The summed E-state index contributed by atoms with van der Waals surface area (Å²) in [7, 11) is 1.53. The van der Waals surface area contributed by atoms with Crippen LogP contribution in [0.15, 0.2) is 42.5 Å². The highest BCUT2D eigenvalue weighted by atomic mass is 35.5. The van der Waals surface area contributed by atoms with Crippen LogP contribution in [-0.2, 0) is 16.0 Å². The third-order valence-corrected chi connectivity index (χ3v) is 4.23. The van der Waals surface area contributed by atoms with E-state index in [0.717, 1.165) is 5.56 Å². The number of nitriles is 1. The van der Waals surface area contributed by atoms with Gasteiger partial charge in [0.05, 0.1) is 7.11 Å². The van der Waals surface area contributed by atoms with Crippen molar-refractivity contribution < 1.29 is 19.0 Å². The van der Waals surface area contributed by atoms with Crippen LogP contribution in [0.1, 0.15) is 17.2 Å². The summed E-state index contributed by atoms with van der Waals surface area (Å²) in [4.78, 5) is 12.6. The van der Waals surface area contributed by atoms with Gasteiger partial charge in [0.1, 0.15) is 12.7 Å². The first-order valence-corrected chi connectivity index (χ1v) is 9.21. The molecule has 0 aliphatic heterocycles. The van der Waals surface area contributed by atoms with Crippen molar-refractivity contribution in [2.45, 2.75) is 12.5 Å². The van der Waals surface area contributed by atoms with Gasteiger partial charge in [-0.2, -0.15) is 5.26 Å². The smallest absolute Gasteiger partial charge is 0.253 e. The van der Waals surface area contributed by atoms with Crippen molar-refractivity contribution in [2.24, 2.45) is 0 Å². The van der Waals surface area contributed by atoms with Crippen molar-refractivity contribution in [3.05, 3.63) is 58.6 Å². The Morgan fingerprint density at radius 3 is 2.62 bits per heavy atom. The minimum Gasteiger partial charge on any atom is -0.493 e. The molecule has 0 aliphatic carbocycles. The number of hydrogen-bond donors (Lipinski definition) is 1. The molecule has 0 fully saturated rings. The lowest BCUT2D eigenvalue weighted by Crippen LogP contribution is -2.32. The zero-order chi connectivity index (χ0) is 21.1. The number of rotatable bonds is 10. The van der Waals surface area contributed by atoms with Gasteiger partial charge in [-0.15, -0.1) is 6.42 Å². The summed E-state index contributed by atoms with van der Waals surface area (Å²) in [5.74, 6) is 3.11. The van der Waals surface area contributed by atoms with E-state index in [1.165, 1.54) is 7.11 Å². The number of carbonyl (C=O) groups is 1. The monoisotopic (exact) mass is 412 g/mol. The van der Waals surface area contributed by atoms with Crippen molar-refractivity contribution in [1.82, 2.24) is 5.32 Å². The Balaban J connectivity index is 1.98. The number of halogens is 1. The highest BCUT2D eigenvalue weighted by Gasteiger charge is 2.21. The third-order valence-electron chi connectivity index (χ3n) is 3.98. The van der Waals surface area contributed by atoms with Crippen LogP contribution in [0.3, 0.4) is 0 Å². The SMILES string of the molecule is C#CCO[C@@H](C(=O)NCCc1ccc(OCC#N)c(OC)c1)c1ccc(Cl)cc1. The van der Waals surface area contributed by atoms with E-state index in [2.05, 4.69) is 11.2 Å². The number of nitrogens with zero attached hydrogens (tertiary/aromatic N) is 1. The van der Waals surface area contributed by atoms with Gasteiger partial charge in [-0.25, -0.2) is 0 Å². The van der Waals surface area contributed by atoms with E-state index in [1.54, 1.807) is 30.3 Å². The minimum atomic E-state index is -0.820. The first-order chi connectivity index (χ1) is 14.1. The number of terminal acetylenes is 1. The molecule has 0 radical (unpaired) electrons. The Bertz CT molecular complexity index is 901. The van der Waals surface area contributed by atoms with Gasteiger partial charge < -0.3 is 19.5 Å². The van der Waals surface area contributed by atoms with Crippen LogP contribution >= 0.6 is 11.6 Å². The molecule has 6 nitrogen and oxygen atoms in total. The summed E-state index contributed by atoms with van der Waals surface area (Å²) in [6.45, 7) is 0.349. The van der Waals surface area contributed by atoms with E-state index in [-0.39, 0.29) is 19.1 Å². The van der Waals surface area contributed by atoms with Gasteiger partial charge in [0, 0.05) is 11.6 Å². The second-order valence-corrected chi connectivity index (χ2v) is 6.36. The first-order valence-electron chi connectivity index (χ1n) is 8.84. The van der Waals surface area contributed by atoms with Crippen molar-refractivity contribution >= 4 is 17.5 Å². The van der Waals surface area contributed by atoms with Crippen molar-refractivity contribution in [2.75, 3.05) is 26.9 Å². The number of benzene rings is 2. The molecule has 7 heteroatoms. The van der Waals surface area contributed by atoms with Crippen LogP contribution < -0.4 is 14.8 Å². The average Bonchev–Trinajstić information content (AvgIpc) is 2.74. The molecule has 0 aliphatic rings. The van der Waals surface area contributed by atoms with Gasteiger partial charge in [0.2, 0.25) is 0 Å². The summed E-state index contributed by atoms with van der Waals surface area (Å²) >= 11 is 5.91. The zero-order valence-electron chi connectivity index (χ0n) is 16.0. The van der Waals surface area contributed by atoms with E-state index in [9.17, 15) is 4.79 Å². The van der Waals surface area contributed by atoms with Crippen LogP contribution in [0.5, 0.6) is 11.5 Å². The first kappa shape index (κ1) is 22.1.